The zero-order valence-electron chi connectivity index (χ0n) is 7.92. The summed E-state index contributed by atoms with van der Waals surface area (Å²) in [5.41, 5.74) is 0. The van der Waals surface area contributed by atoms with Gasteiger partial charge >= 0.3 is 0 Å². The first kappa shape index (κ1) is 10.0. The number of rotatable bonds is 4. The second kappa shape index (κ2) is 5.55. The second-order valence-electron chi connectivity index (χ2n) is 3.64. The number of ether oxygens (including phenoxy) is 1. The monoisotopic (exact) mass is 171 g/mol. The quantitative estimate of drug-likeness (QED) is 0.598. The molecule has 1 atom stereocenters. The Bertz CT molecular complexity index is 108. The van der Waals surface area contributed by atoms with Gasteiger partial charge in [-0.15, -0.1) is 0 Å². The number of hydrogen-bond acceptors (Lipinski definition) is 1. The smallest absolute Gasteiger partial charge is 0.194 e. The van der Waals surface area contributed by atoms with Crippen LogP contribution in [0, 0.1) is 5.92 Å². The van der Waals surface area contributed by atoms with Crippen LogP contribution in [0.4, 0.5) is 0 Å². The first-order chi connectivity index (χ1) is 5.84. The summed E-state index contributed by atoms with van der Waals surface area (Å²) in [5, 5.41) is 11.4. The van der Waals surface area contributed by atoms with Crippen LogP contribution in [-0.2, 0) is 9.84 Å². The molecule has 1 aliphatic carbocycles. The Kier molecular flexibility index (Phi) is 4.62. The fourth-order valence-electron chi connectivity index (χ4n) is 1.78. The van der Waals surface area contributed by atoms with Crippen LogP contribution in [0.3, 0.4) is 0 Å². The van der Waals surface area contributed by atoms with Crippen LogP contribution in [0.25, 0.3) is 0 Å². The summed E-state index contributed by atoms with van der Waals surface area (Å²) >= 11 is 0. The minimum Gasteiger partial charge on any atom is -0.349 e. The van der Waals surface area contributed by atoms with Crippen LogP contribution < -0.4 is 0 Å². The van der Waals surface area contributed by atoms with Crippen molar-refractivity contribution in [3.05, 3.63) is 0 Å². The average Bonchev–Trinajstić information content (AvgIpc) is 2.15. The van der Waals surface area contributed by atoms with Gasteiger partial charge in [0, 0.05) is 12.5 Å². The predicted molar refractivity (Wildman–Crippen MR) is 47.3 cm³/mol. The van der Waals surface area contributed by atoms with Crippen LogP contribution in [0.5, 0.6) is 0 Å². The van der Waals surface area contributed by atoms with E-state index in [1.165, 1.54) is 19.3 Å². The van der Waals surface area contributed by atoms with Crippen molar-refractivity contribution in [2.45, 2.75) is 51.7 Å². The maximum Gasteiger partial charge on any atom is 0.194 e. The van der Waals surface area contributed by atoms with Crippen LogP contribution >= 0.6 is 0 Å². The summed E-state index contributed by atoms with van der Waals surface area (Å²) < 4.78 is 5.18. The molecule has 1 unspecified atom stereocenters. The Morgan fingerprint density at radius 1 is 1.33 bits per heavy atom. The minimum atomic E-state index is -0.745. The summed E-state index contributed by atoms with van der Waals surface area (Å²) in [7, 11) is 0. The predicted octanol–water partition coefficient (Wildman–Crippen LogP) is 2.75. The molecule has 0 amide bonds. The largest absolute Gasteiger partial charge is 0.349 e. The summed E-state index contributed by atoms with van der Waals surface area (Å²) in [6, 6.07) is 0. The van der Waals surface area contributed by atoms with Crippen LogP contribution in [0.1, 0.15) is 45.4 Å². The minimum absolute atomic E-state index is 0.297. The lowest BCUT2D eigenvalue weighted by molar-refractivity contribution is -0.177. The van der Waals surface area contributed by atoms with E-state index in [-0.39, 0.29) is 0 Å². The van der Waals surface area contributed by atoms with Crippen LogP contribution in [0.15, 0.2) is 0 Å². The Morgan fingerprint density at radius 3 is 2.58 bits per heavy atom. The molecule has 0 aliphatic heterocycles. The van der Waals surface area contributed by atoms with Gasteiger partial charge in [-0.1, -0.05) is 26.2 Å². The van der Waals surface area contributed by atoms with Crippen molar-refractivity contribution in [3.8, 4) is 0 Å². The third kappa shape index (κ3) is 3.11. The molecule has 0 heterocycles. The molecule has 12 heavy (non-hydrogen) atoms. The van der Waals surface area contributed by atoms with Gasteiger partial charge in [-0.2, -0.15) is 0 Å². The van der Waals surface area contributed by atoms with Gasteiger partial charge in [0.1, 0.15) is 0 Å². The zero-order valence-corrected chi connectivity index (χ0v) is 7.92. The zero-order chi connectivity index (χ0) is 8.81. The van der Waals surface area contributed by atoms with Crippen molar-refractivity contribution in [2.24, 2.45) is 5.92 Å². The fourth-order valence-corrected chi connectivity index (χ4v) is 1.78. The molecule has 1 aliphatic rings. The Labute approximate surface area is 74.9 Å². The van der Waals surface area contributed by atoms with E-state index in [1.807, 2.05) is 6.92 Å². The number of hydrogen-bond donors (Lipinski definition) is 0. The van der Waals surface area contributed by atoms with Gasteiger partial charge in [-0.3, -0.25) is 0 Å². The summed E-state index contributed by atoms with van der Waals surface area (Å²) in [6.45, 7) is 2.66. The van der Waals surface area contributed by atoms with Gasteiger partial charge in [0.25, 0.3) is 0 Å². The molecular weight excluding hydrogens is 152 g/mol. The maximum atomic E-state index is 11.4. The van der Waals surface area contributed by atoms with Gasteiger partial charge in [0.05, 0.1) is 0 Å². The summed E-state index contributed by atoms with van der Waals surface area (Å²) in [6.07, 6.45) is 6.11. The molecule has 0 aromatic carbocycles. The Hall–Kier alpha value is -0.0800. The molecule has 0 bridgehead atoms. The van der Waals surface area contributed by atoms with Crippen molar-refractivity contribution >= 4 is 0 Å². The highest BCUT2D eigenvalue weighted by Crippen LogP contribution is 2.27. The molecule has 0 saturated heterocycles. The highest BCUT2D eigenvalue weighted by molar-refractivity contribution is 4.67. The molecule has 1 saturated carbocycles. The molecular formula is C10H19O2. The van der Waals surface area contributed by atoms with Gasteiger partial charge in [0.2, 0.25) is 0 Å². The van der Waals surface area contributed by atoms with E-state index in [0.717, 1.165) is 19.3 Å². The molecule has 0 aromatic rings. The lowest BCUT2D eigenvalue weighted by Crippen LogP contribution is -2.24. The van der Waals surface area contributed by atoms with Crippen LogP contribution in [0.2, 0.25) is 0 Å². The third-order valence-electron chi connectivity index (χ3n) is 2.52. The van der Waals surface area contributed by atoms with E-state index in [4.69, 9.17) is 4.74 Å². The normalized spacial score (nSPS) is 22.5. The highest BCUT2D eigenvalue weighted by atomic mass is 16.6. The summed E-state index contributed by atoms with van der Waals surface area (Å²) in [5.74, 6) is 0.297. The first-order valence-electron chi connectivity index (χ1n) is 5.12. The molecule has 71 valence electrons. The van der Waals surface area contributed by atoms with Crippen molar-refractivity contribution in [1.29, 1.82) is 0 Å². The molecule has 0 N–H and O–H groups in total. The molecule has 1 fully saturated rings. The average molecular weight is 171 g/mol. The van der Waals surface area contributed by atoms with Crippen molar-refractivity contribution in [3.63, 3.8) is 0 Å². The van der Waals surface area contributed by atoms with Crippen molar-refractivity contribution in [2.75, 3.05) is 6.61 Å². The molecule has 2 nitrogen and oxygen atoms in total. The molecule has 0 spiro atoms. The Morgan fingerprint density at radius 2 is 2.00 bits per heavy atom. The van der Waals surface area contributed by atoms with E-state index in [0.29, 0.717) is 12.5 Å². The summed E-state index contributed by atoms with van der Waals surface area (Å²) in [4.78, 5) is 0. The lowest BCUT2D eigenvalue weighted by Gasteiger charge is -2.24. The van der Waals surface area contributed by atoms with Gasteiger partial charge in [-0.05, 0) is 19.3 Å². The molecule has 1 radical (unpaired) electrons. The molecule has 2 heteroatoms. The standard InChI is InChI=1S/C10H19O2/c1-2-8-12-10(11)9-6-4-3-5-7-9/h9-10H,2-8H2,1H3. The van der Waals surface area contributed by atoms with E-state index < -0.39 is 6.29 Å². The van der Waals surface area contributed by atoms with Gasteiger partial charge in [-0.25, -0.2) is 5.11 Å². The second-order valence-corrected chi connectivity index (χ2v) is 3.64. The van der Waals surface area contributed by atoms with Crippen LogP contribution in [-0.4, -0.2) is 12.9 Å². The van der Waals surface area contributed by atoms with Crippen molar-refractivity contribution in [1.82, 2.24) is 0 Å². The van der Waals surface area contributed by atoms with Crippen molar-refractivity contribution < 1.29 is 9.84 Å². The third-order valence-corrected chi connectivity index (χ3v) is 2.52. The van der Waals surface area contributed by atoms with Gasteiger partial charge < -0.3 is 4.74 Å². The topological polar surface area (TPSA) is 29.1 Å². The van der Waals surface area contributed by atoms with E-state index >= 15 is 0 Å². The molecule has 0 aromatic heterocycles. The van der Waals surface area contributed by atoms with Gasteiger partial charge in [0.15, 0.2) is 6.29 Å². The Balaban J connectivity index is 2.15. The SMILES string of the molecule is CCCOC([O])C1CCCCC1. The highest BCUT2D eigenvalue weighted by Gasteiger charge is 2.22. The van der Waals surface area contributed by atoms with E-state index in [2.05, 4.69) is 0 Å². The molecule has 1 rings (SSSR count). The van der Waals surface area contributed by atoms with E-state index in [1.54, 1.807) is 0 Å². The fraction of sp³-hybridized carbons (Fsp3) is 1.00. The lowest BCUT2D eigenvalue weighted by atomic mass is 9.89. The van der Waals surface area contributed by atoms with E-state index in [9.17, 15) is 5.11 Å². The first-order valence-corrected chi connectivity index (χ1v) is 5.12. The maximum absolute atomic E-state index is 11.4.